The van der Waals surface area contributed by atoms with Crippen LogP contribution in [0.1, 0.15) is 56.3 Å². The van der Waals surface area contributed by atoms with Crippen LogP contribution >= 0.6 is 15.9 Å². The number of carbonyl (C=O) groups is 1. The van der Waals surface area contributed by atoms with Crippen molar-refractivity contribution in [3.63, 3.8) is 0 Å². The highest BCUT2D eigenvalue weighted by molar-refractivity contribution is 9.10. The average Bonchev–Trinajstić information content (AvgIpc) is 2.80. The smallest absolute Gasteiger partial charge is 0.344 e. The second-order valence-corrected chi connectivity index (χ2v) is 8.88. The number of nitrogens with zero attached hydrogens (tertiary/aromatic N) is 3. The molecule has 0 radical (unpaired) electrons. The van der Waals surface area contributed by atoms with Gasteiger partial charge in [-0.15, -0.1) is 0 Å². The monoisotopic (exact) mass is 497 g/mol. The van der Waals surface area contributed by atoms with Crippen LogP contribution in [0.4, 0.5) is 0 Å². The Morgan fingerprint density at radius 2 is 2.00 bits per heavy atom. The number of hydrogen-bond donors (Lipinski definition) is 1. The molecule has 4 rings (SSSR count). The summed E-state index contributed by atoms with van der Waals surface area (Å²) in [5.74, 6) is 0.141. The lowest BCUT2D eigenvalue weighted by atomic mass is 9.88. The van der Waals surface area contributed by atoms with Gasteiger partial charge in [0.1, 0.15) is 11.6 Å². The van der Waals surface area contributed by atoms with Crippen molar-refractivity contribution in [1.82, 2.24) is 9.66 Å². The molecule has 1 saturated carbocycles. The van der Waals surface area contributed by atoms with Crippen LogP contribution in [-0.4, -0.2) is 33.1 Å². The molecule has 32 heavy (non-hydrogen) atoms. The fraction of sp³-hybridized carbons (Fsp3) is 0.333. The molecule has 2 aromatic carbocycles. The Bertz CT molecular complexity index is 1230. The van der Waals surface area contributed by atoms with Crippen molar-refractivity contribution in [2.75, 3.05) is 0 Å². The zero-order valence-electron chi connectivity index (χ0n) is 17.7. The molecule has 1 fully saturated rings. The van der Waals surface area contributed by atoms with E-state index in [1.54, 1.807) is 24.3 Å². The molecule has 7 nitrogen and oxygen atoms in total. The van der Waals surface area contributed by atoms with Crippen LogP contribution in [0.5, 0.6) is 5.75 Å². The van der Waals surface area contributed by atoms with Gasteiger partial charge < -0.3 is 9.84 Å². The van der Waals surface area contributed by atoms with Crippen molar-refractivity contribution in [2.45, 2.75) is 51.0 Å². The van der Waals surface area contributed by atoms with E-state index in [2.05, 4.69) is 21.0 Å². The van der Waals surface area contributed by atoms with Crippen molar-refractivity contribution < 1.29 is 14.6 Å². The topological polar surface area (TPSA) is 93.8 Å². The number of ether oxygens (including phenoxy) is 1. The minimum absolute atomic E-state index is 0.170. The number of aliphatic carboxylic acids is 1. The maximum Gasteiger partial charge on any atom is 0.344 e. The third-order valence-corrected chi connectivity index (χ3v) is 6.18. The molecular weight excluding hydrogens is 474 g/mol. The number of carboxylic acids is 1. The lowest BCUT2D eigenvalue weighted by molar-refractivity contribution is -0.144. The first-order chi connectivity index (χ1) is 15.4. The summed E-state index contributed by atoms with van der Waals surface area (Å²) in [6, 6.07) is 12.5. The molecule has 8 heteroatoms. The van der Waals surface area contributed by atoms with Gasteiger partial charge in [0.05, 0.1) is 17.1 Å². The second kappa shape index (κ2) is 9.65. The molecule has 0 aliphatic heterocycles. The maximum absolute atomic E-state index is 13.3. The van der Waals surface area contributed by atoms with E-state index >= 15 is 0 Å². The molecule has 1 aliphatic rings. The van der Waals surface area contributed by atoms with Crippen molar-refractivity contribution >= 4 is 39.0 Å². The summed E-state index contributed by atoms with van der Waals surface area (Å²) in [5.41, 5.74) is 1.01. The summed E-state index contributed by atoms with van der Waals surface area (Å²) >= 11 is 3.43. The summed E-state index contributed by atoms with van der Waals surface area (Å²) in [6.07, 6.45) is 5.85. The predicted molar refractivity (Wildman–Crippen MR) is 127 cm³/mol. The number of aromatic nitrogens is 2. The van der Waals surface area contributed by atoms with E-state index in [0.29, 0.717) is 28.0 Å². The van der Waals surface area contributed by atoms with Crippen LogP contribution in [0.3, 0.4) is 0 Å². The molecule has 1 atom stereocenters. The van der Waals surface area contributed by atoms with E-state index < -0.39 is 12.1 Å². The fourth-order valence-corrected chi connectivity index (χ4v) is 4.34. The molecule has 0 amide bonds. The Labute approximate surface area is 193 Å². The van der Waals surface area contributed by atoms with Gasteiger partial charge in [0.25, 0.3) is 5.56 Å². The second-order valence-electron chi connectivity index (χ2n) is 7.96. The van der Waals surface area contributed by atoms with Crippen LogP contribution in [-0.2, 0) is 4.79 Å². The summed E-state index contributed by atoms with van der Waals surface area (Å²) in [6.45, 7) is 1.46. The highest BCUT2D eigenvalue weighted by Crippen LogP contribution is 2.32. The number of fused-ring (bicyclic) bond motifs is 1. The predicted octanol–water partition coefficient (Wildman–Crippen LogP) is 4.94. The SMILES string of the molecule is C[C@@H](Oc1ccc(Br)cc1C=Nn1c(C2CCCCC2)nc2ccccc2c1=O)C(=O)O. The highest BCUT2D eigenvalue weighted by atomic mass is 79.9. The highest BCUT2D eigenvalue weighted by Gasteiger charge is 2.22. The molecule has 166 valence electrons. The third-order valence-electron chi connectivity index (χ3n) is 5.68. The van der Waals surface area contributed by atoms with Gasteiger partial charge in [-0.3, -0.25) is 4.79 Å². The van der Waals surface area contributed by atoms with Gasteiger partial charge in [-0.1, -0.05) is 47.3 Å². The molecule has 0 bridgehead atoms. The molecule has 0 unspecified atom stereocenters. The first-order valence-electron chi connectivity index (χ1n) is 10.7. The molecule has 3 aromatic rings. The van der Waals surface area contributed by atoms with Gasteiger partial charge >= 0.3 is 5.97 Å². The summed E-state index contributed by atoms with van der Waals surface area (Å²) in [5, 5.41) is 14.2. The summed E-state index contributed by atoms with van der Waals surface area (Å²) < 4.78 is 7.76. The zero-order valence-corrected chi connectivity index (χ0v) is 19.3. The number of benzene rings is 2. The standard InChI is InChI=1S/C24H24BrN3O4/c1-15(24(30)31)32-21-12-11-18(25)13-17(21)14-26-28-22(16-7-3-2-4-8-16)27-20-10-6-5-9-19(20)23(28)29/h5-6,9-16H,2-4,7-8H2,1H3,(H,30,31)/t15-/m1/s1. The normalized spacial score (nSPS) is 15.8. The molecule has 1 N–H and O–H groups in total. The third kappa shape index (κ3) is 4.75. The molecule has 1 aromatic heterocycles. The lowest BCUT2D eigenvalue weighted by Gasteiger charge is -2.22. The van der Waals surface area contributed by atoms with Gasteiger partial charge in [0.2, 0.25) is 0 Å². The van der Waals surface area contributed by atoms with E-state index in [9.17, 15) is 14.7 Å². The van der Waals surface area contributed by atoms with Crippen molar-refractivity contribution in [3.8, 4) is 5.75 Å². The number of rotatable bonds is 6. The largest absolute Gasteiger partial charge is 0.479 e. The van der Waals surface area contributed by atoms with Crippen molar-refractivity contribution in [2.24, 2.45) is 5.10 Å². The number of hydrogen-bond acceptors (Lipinski definition) is 5. The first kappa shape index (κ1) is 22.2. The average molecular weight is 498 g/mol. The molecule has 0 spiro atoms. The minimum Gasteiger partial charge on any atom is -0.479 e. The maximum atomic E-state index is 13.3. The van der Waals surface area contributed by atoms with E-state index in [4.69, 9.17) is 9.72 Å². The quantitative estimate of drug-likeness (QED) is 0.486. The van der Waals surface area contributed by atoms with Crippen molar-refractivity contribution in [3.05, 3.63) is 68.7 Å². The van der Waals surface area contributed by atoms with Crippen molar-refractivity contribution in [1.29, 1.82) is 0 Å². The first-order valence-corrected chi connectivity index (χ1v) is 11.5. The Balaban J connectivity index is 1.80. The van der Waals surface area contributed by atoms with Gasteiger partial charge in [0.15, 0.2) is 6.10 Å². The van der Waals surface area contributed by atoms with Crippen LogP contribution in [0, 0.1) is 0 Å². The Morgan fingerprint density at radius 3 is 2.75 bits per heavy atom. The minimum atomic E-state index is -1.06. The van der Waals surface area contributed by atoms with E-state index in [-0.39, 0.29) is 11.5 Å². The van der Waals surface area contributed by atoms with Crippen LogP contribution in [0.15, 0.2) is 56.8 Å². The van der Waals surface area contributed by atoms with E-state index in [0.717, 1.165) is 30.2 Å². The Kier molecular flexibility index (Phi) is 6.69. The molecular formula is C24H24BrN3O4. The molecule has 1 heterocycles. The molecule has 0 saturated heterocycles. The zero-order chi connectivity index (χ0) is 22.7. The molecule has 1 aliphatic carbocycles. The van der Waals surface area contributed by atoms with Gasteiger partial charge in [0, 0.05) is 16.0 Å². The Morgan fingerprint density at radius 1 is 1.25 bits per heavy atom. The number of halogens is 1. The van der Waals surface area contributed by atoms with E-state index in [1.165, 1.54) is 24.2 Å². The fourth-order valence-electron chi connectivity index (χ4n) is 3.97. The van der Waals surface area contributed by atoms with Crippen LogP contribution in [0.25, 0.3) is 10.9 Å². The summed E-state index contributed by atoms with van der Waals surface area (Å²) in [7, 11) is 0. The van der Waals surface area contributed by atoms with Crippen LogP contribution < -0.4 is 10.3 Å². The van der Waals surface area contributed by atoms with E-state index in [1.807, 2.05) is 18.2 Å². The number of para-hydroxylation sites is 1. The van der Waals surface area contributed by atoms with Gasteiger partial charge in [-0.25, -0.2) is 9.78 Å². The van der Waals surface area contributed by atoms with Gasteiger partial charge in [-0.05, 0) is 50.1 Å². The summed E-state index contributed by atoms with van der Waals surface area (Å²) in [4.78, 5) is 29.4. The lowest BCUT2D eigenvalue weighted by Crippen LogP contribution is -2.25. The number of carboxylic acid groups (broad SMARTS) is 1. The van der Waals surface area contributed by atoms with Crippen LogP contribution in [0.2, 0.25) is 0 Å². The van der Waals surface area contributed by atoms with Gasteiger partial charge in [-0.2, -0.15) is 9.78 Å². The Hall–Kier alpha value is -3.00.